The van der Waals surface area contributed by atoms with E-state index in [-0.39, 0.29) is 28.8 Å². The summed E-state index contributed by atoms with van der Waals surface area (Å²) in [4.78, 5) is 8.64. The third kappa shape index (κ3) is 4.03. The number of aromatic nitrogens is 1. The zero-order valence-corrected chi connectivity index (χ0v) is 16.5. The van der Waals surface area contributed by atoms with E-state index < -0.39 is 11.9 Å². The molecule has 10 heteroatoms. The first-order chi connectivity index (χ1) is 14.3. The summed E-state index contributed by atoms with van der Waals surface area (Å²) in [6, 6.07) is 5.16. The number of fused-ring (bicyclic) bond motifs is 1. The van der Waals surface area contributed by atoms with Crippen LogP contribution in [0.3, 0.4) is 0 Å². The average molecular weight is 408 g/mol. The van der Waals surface area contributed by atoms with Crippen LogP contribution in [0.25, 0.3) is 0 Å². The van der Waals surface area contributed by atoms with Gasteiger partial charge in [0.05, 0.1) is 12.3 Å². The lowest BCUT2D eigenvalue weighted by Crippen LogP contribution is -2.33. The number of halogens is 1. The number of ether oxygens (including phenoxy) is 1. The summed E-state index contributed by atoms with van der Waals surface area (Å²) in [7, 11) is 0. The number of nitrogen functional groups attached to an aromatic ring is 2. The van der Waals surface area contributed by atoms with Crippen molar-refractivity contribution in [3.8, 4) is 18.0 Å². The lowest BCUT2D eigenvalue weighted by atomic mass is 9.94. The fourth-order valence-corrected chi connectivity index (χ4v) is 3.07. The van der Waals surface area contributed by atoms with Crippen molar-refractivity contribution in [2.75, 3.05) is 23.4 Å². The third-order valence-corrected chi connectivity index (χ3v) is 4.58. The molecule has 6 N–H and O–H groups in total. The molecule has 0 radical (unpaired) electrons. The number of nitrogens with zero attached hydrogens (tertiary/aromatic N) is 4. The van der Waals surface area contributed by atoms with Crippen LogP contribution >= 0.6 is 0 Å². The highest BCUT2D eigenvalue weighted by atomic mass is 19.1. The molecule has 3 rings (SSSR count). The number of anilines is 3. The Hall–Kier alpha value is -4.05. The second-order valence-electron chi connectivity index (χ2n) is 7.11. The fraction of sp³-hybridized carbons (Fsp3) is 0.300. The van der Waals surface area contributed by atoms with Crippen LogP contribution in [0.15, 0.2) is 23.2 Å². The minimum absolute atomic E-state index is 0.00567. The van der Waals surface area contributed by atoms with Crippen LogP contribution in [0.2, 0.25) is 0 Å². The van der Waals surface area contributed by atoms with Crippen LogP contribution in [-0.2, 0) is 0 Å². The Labute approximate surface area is 173 Å². The number of pyridine rings is 1. The zero-order chi connectivity index (χ0) is 21.8. The molecule has 0 spiro atoms. The van der Waals surface area contributed by atoms with Gasteiger partial charge in [0.25, 0.3) is 0 Å². The number of rotatable bonds is 5. The van der Waals surface area contributed by atoms with Gasteiger partial charge in [0.1, 0.15) is 40.9 Å². The van der Waals surface area contributed by atoms with Crippen molar-refractivity contribution in [2.45, 2.75) is 26.3 Å². The third-order valence-electron chi connectivity index (χ3n) is 4.58. The first-order valence-electron chi connectivity index (χ1n) is 9.26. The van der Waals surface area contributed by atoms with Crippen LogP contribution in [0.5, 0.6) is 5.75 Å². The summed E-state index contributed by atoms with van der Waals surface area (Å²) in [5, 5.41) is 23.6. The van der Waals surface area contributed by atoms with Gasteiger partial charge in [0.15, 0.2) is 6.19 Å². The van der Waals surface area contributed by atoms with Crippen LogP contribution in [0, 0.1) is 34.5 Å². The second-order valence-corrected chi connectivity index (χ2v) is 7.11. The Balaban J connectivity index is 2.17. The number of hydrogen-bond donors (Lipinski definition) is 4. The van der Waals surface area contributed by atoms with Gasteiger partial charge in [-0.3, -0.25) is 5.32 Å². The molecule has 1 atom stereocenters. The zero-order valence-electron chi connectivity index (χ0n) is 16.5. The number of nitrogens with one attached hydrogen (secondary N) is 2. The highest BCUT2D eigenvalue weighted by molar-refractivity contribution is 5.98. The standard InChI is InChI=1S/C20H21FN8O/c1-10(2)5-6-30-14-4-3-11(21)7-12(14)17-15-16(24)13(8-22)18(25)28-19(15)29-20(27-17)26-9-23/h3-4,7,10,17H,5-6H2,1-2H3,(H6,24,25,26,27,28,29). The van der Waals surface area contributed by atoms with Gasteiger partial charge >= 0.3 is 0 Å². The van der Waals surface area contributed by atoms with Gasteiger partial charge in [-0.25, -0.2) is 14.4 Å². The maximum Gasteiger partial charge on any atom is 0.211 e. The Bertz CT molecular complexity index is 1080. The molecule has 0 bridgehead atoms. The Morgan fingerprint density at radius 1 is 1.33 bits per heavy atom. The molecule has 0 fully saturated rings. The molecule has 1 aromatic carbocycles. The maximum absolute atomic E-state index is 14.2. The van der Waals surface area contributed by atoms with Crippen molar-refractivity contribution in [1.82, 2.24) is 10.3 Å². The minimum Gasteiger partial charge on any atom is -0.493 e. The number of benzene rings is 1. The Kier molecular flexibility index (Phi) is 5.88. The largest absolute Gasteiger partial charge is 0.493 e. The van der Waals surface area contributed by atoms with Crippen molar-refractivity contribution >= 4 is 23.3 Å². The summed E-state index contributed by atoms with van der Waals surface area (Å²) in [5.74, 6) is 0.603. The van der Waals surface area contributed by atoms with E-state index in [9.17, 15) is 9.65 Å². The van der Waals surface area contributed by atoms with Gasteiger partial charge in [-0.2, -0.15) is 10.5 Å². The molecular formula is C20H21FN8O. The van der Waals surface area contributed by atoms with E-state index in [0.29, 0.717) is 29.4 Å². The van der Waals surface area contributed by atoms with E-state index in [0.717, 1.165) is 6.42 Å². The smallest absolute Gasteiger partial charge is 0.211 e. The summed E-state index contributed by atoms with van der Waals surface area (Å²) >= 11 is 0. The van der Waals surface area contributed by atoms with Crippen LogP contribution < -0.4 is 26.8 Å². The molecule has 0 saturated heterocycles. The van der Waals surface area contributed by atoms with Gasteiger partial charge < -0.3 is 21.5 Å². The summed E-state index contributed by atoms with van der Waals surface area (Å²) in [5.41, 5.74) is 12.9. The lowest BCUT2D eigenvalue weighted by Gasteiger charge is -2.27. The number of nitriles is 2. The van der Waals surface area contributed by atoms with E-state index in [4.69, 9.17) is 21.5 Å². The molecule has 1 aromatic heterocycles. The minimum atomic E-state index is -0.873. The molecule has 2 aromatic rings. The summed E-state index contributed by atoms with van der Waals surface area (Å²) in [6.45, 7) is 4.57. The molecule has 0 saturated carbocycles. The topological polar surface area (TPSA) is 158 Å². The number of nitrogens with two attached hydrogens (primary N) is 2. The first-order valence-corrected chi connectivity index (χ1v) is 9.26. The van der Waals surface area contributed by atoms with Crippen molar-refractivity contribution < 1.29 is 9.13 Å². The molecule has 1 unspecified atom stereocenters. The summed E-state index contributed by atoms with van der Waals surface area (Å²) < 4.78 is 20.1. The van der Waals surface area contributed by atoms with Crippen molar-refractivity contribution in [2.24, 2.45) is 10.9 Å². The lowest BCUT2D eigenvalue weighted by molar-refractivity contribution is 0.285. The van der Waals surface area contributed by atoms with Crippen LogP contribution in [-0.4, -0.2) is 17.6 Å². The molecule has 2 heterocycles. The van der Waals surface area contributed by atoms with Crippen molar-refractivity contribution in [3.63, 3.8) is 0 Å². The number of hydrogen-bond acceptors (Lipinski definition) is 9. The molecule has 0 amide bonds. The Morgan fingerprint density at radius 2 is 2.10 bits per heavy atom. The van der Waals surface area contributed by atoms with E-state index in [1.54, 1.807) is 6.19 Å². The van der Waals surface area contributed by atoms with Crippen molar-refractivity contribution in [1.29, 1.82) is 10.5 Å². The quantitative estimate of drug-likeness (QED) is 0.434. The number of guanidine groups is 1. The molecule has 30 heavy (non-hydrogen) atoms. The molecule has 9 nitrogen and oxygen atoms in total. The van der Waals surface area contributed by atoms with Gasteiger partial charge in [-0.15, -0.1) is 0 Å². The van der Waals surface area contributed by atoms with Gasteiger partial charge in [0.2, 0.25) is 5.96 Å². The van der Waals surface area contributed by atoms with E-state index in [2.05, 4.69) is 34.5 Å². The number of aliphatic imine (C=N–C) groups is 1. The predicted molar refractivity (Wildman–Crippen MR) is 111 cm³/mol. The SMILES string of the molecule is CC(C)CCOc1ccc(F)cc1C1N=C(NC#N)Nc2nc(N)c(C#N)c(N)c21. The predicted octanol–water partition coefficient (Wildman–Crippen LogP) is 2.62. The van der Waals surface area contributed by atoms with Crippen molar-refractivity contribution in [3.05, 3.63) is 40.7 Å². The van der Waals surface area contributed by atoms with E-state index in [1.807, 2.05) is 6.07 Å². The van der Waals surface area contributed by atoms with Gasteiger partial charge in [0, 0.05) is 11.1 Å². The summed E-state index contributed by atoms with van der Waals surface area (Å²) in [6.07, 6.45) is 2.58. The normalized spacial score (nSPS) is 14.7. The van der Waals surface area contributed by atoms with Crippen LogP contribution in [0.4, 0.5) is 21.7 Å². The first kappa shape index (κ1) is 20.7. The fourth-order valence-electron chi connectivity index (χ4n) is 3.07. The highest BCUT2D eigenvalue weighted by Crippen LogP contribution is 2.43. The second kappa shape index (κ2) is 8.53. The average Bonchev–Trinajstić information content (AvgIpc) is 2.68. The maximum atomic E-state index is 14.2. The van der Waals surface area contributed by atoms with E-state index >= 15 is 0 Å². The molecule has 154 valence electrons. The molecule has 1 aliphatic rings. The molecular weight excluding hydrogens is 387 g/mol. The molecule has 1 aliphatic heterocycles. The Morgan fingerprint density at radius 3 is 2.77 bits per heavy atom. The van der Waals surface area contributed by atoms with E-state index in [1.165, 1.54) is 18.2 Å². The van der Waals surface area contributed by atoms with Crippen LogP contribution in [0.1, 0.15) is 43.0 Å². The van der Waals surface area contributed by atoms with Gasteiger partial charge in [-0.1, -0.05) is 13.8 Å². The monoisotopic (exact) mass is 408 g/mol. The highest BCUT2D eigenvalue weighted by Gasteiger charge is 2.31. The van der Waals surface area contributed by atoms with Gasteiger partial charge in [-0.05, 0) is 30.5 Å². The molecule has 0 aliphatic carbocycles.